The minimum atomic E-state index is -2.27. The van der Waals surface area contributed by atoms with E-state index in [4.69, 9.17) is 30.6 Å². The zero-order valence-electron chi connectivity index (χ0n) is 12.6. The molecule has 10 N–H and O–H groups in total. The number of hydrogen-bond acceptors (Lipinski definition) is 8. The number of likely N-dealkylation sites (N-methyl/N-ethyl adjacent to an activating group) is 1. The van der Waals surface area contributed by atoms with Crippen LogP contribution in [-0.2, 0) is 9.59 Å². The van der Waals surface area contributed by atoms with Crippen LogP contribution in [0.25, 0.3) is 0 Å². The molecule has 0 bridgehead atoms. The summed E-state index contributed by atoms with van der Waals surface area (Å²) in [7, 11) is 1.73. The lowest BCUT2D eigenvalue weighted by Crippen LogP contribution is -2.39. The molecule has 24 heavy (non-hydrogen) atoms. The van der Waals surface area contributed by atoms with Gasteiger partial charge in [-0.2, -0.15) is 0 Å². The van der Waals surface area contributed by atoms with E-state index in [-0.39, 0.29) is 17.0 Å². The Morgan fingerprint density at radius 1 is 1.00 bits per heavy atom. The maximum Gasteiger partial charge on any atom is 0.335 e. The SMILES string of the molecule is CNC[C@H](O)c1ccc(O)c(O)c1.O.O=C(O)[C@@H](O)[C@H](O)C(=O)O. The monoisotopic (exact) mass is 351 g/mol. The van der Waals surface area contributed by atoms with Crippen molar-refractivity contribution >= 4 is 11.9 Å². The summed E-state index contributed by atoms with van der Waals surface area (Å²) in [5.41, 5.74) is 0.574. The van der Waals surface area contributed by atoms with Crippen LogP contribution < -0.4 is 5.32 Å². The van der Waals surface area contributed by atoms with E-state index in [1.165, 1.54) is 12.1 Å². The molecule has 11 nitrogen and oxygen atoms in total. The van der Waals surface area contributed by atoms with E-state index in [0.717, 1.165) is 0 Å². The van der Waals surface area contributed by atoms with E-state index in [9.17, 15) is 14.7 Å². The molecule has 0 aliphatic carbocycles. The van der Waals surface area contributed by atoms with Crippen LogP contribution in [0.15, 0.2) is 18.2 Å². The smallest absolute Gasteiger partial charge is 0.335 e. The first-order valence-corrected chi connectivity index (χ1v) is 6.28. The highest BCUT2D eigenvalue weighted by Crippen LogP contribution is 2.27. The second kappa shape index (κ2) is 11.2. The molecule has 0 spiro atoms. The third-order valence-corrected chi connectivity index (χ3v) is 2.59. The Bertz CT molecular complexity index is 517. The molecule has 0 saturated carbocycles. The van der Waals surface area contributed by atoms with Crippen molar-refractivity contribution in [1.82, 2.24) is 5.32 Å². The lowest BCUT2D eigenvalue weighted by atomic mass is 10.1. The molecule has 0 heterocycles. The molecule has 0 aliphatic rings. The van der Waals surface area contributed by atoms with Gasteiger partial charge >= 0.3 is 11.9 Å². The van der Waals surface area contributed by atoms with Crippen molar-refractivity contribution in [2.24, 2.45) is 0 Å². The number of phenolic OH excluding ortho intramolecular Hbond substituents is 2. The molecule has 138 valence electrons. The number of nitrogens with one attached hydrogen (secondary N) is 1. The average molecular weight is 351 g/mol. The molecular weight excluding hydrogens is 330 g/mol. The summed E-state index contributed by atoms with van der Waals surface area (Å²) in [6, 6.07) is 4.26. The van der Waals surface area contributed by atoms with Crippen LogP contribution in [-0.4, -0.2) is 79.0 Å². The van der Waals surface area contributed by atoms with Crippen molar-refractivity contribution in [2.75, 3.05) is 13.6 Å². The summed E-state index contributed by atoms with van der Waals surface area (Å²) >= 11 is 0. The van der Waals surface area contributed by atoms with Gasteiger partial charge in [0.2, 0.25) is 0 Å². The number of carboxylic acids is 2. The van der Waals surface area contributed by atoms with Gasteiger partial charge in [0, 0.05) is 6.54 Å². The second-order valence-electron chi connectivity index (χ2n) is 4.39. The van der Waals surface area contributed by atoms with E-state index in [1.807, 2.05) is 0 Å². The summed E-state index contributed by atoms with van der Waals surface area (Å²) in [5, 5.41) is 63.0. The number of benzene rings is 1. The largest absolute Gasteiger partial charge is 0.504 e. The molecular formula is C13H21NO10. The Kier molecular flexibility index (Phi) is 11.1. The highest BCUT2D eigenvalue weighted by molar-refractivity contribution is 5.83. The summed E-state index contributed by atoms with van der Waals surface area (Å²) in [6.07, 6.45) is -5.20. The molecule has 1 rings (SSSR count). The van der Waals surface area contributed by atoms with Crippen molar-refractivity contribution in [2.45, 2.75) is 18.3 Å². The van der Waals surface area contributed by atoms with Gasteiger partial charge in [0.05, 0.1) is 6.10 Å². The van der Waals surface area contributed by atoms with Gasteiger partial charge in [0.15, 0.2) is 23.7 Å². The Balaban J connectivity index is 0. The van der Waals surface area contributed by atoms with Crippen molar-refractivity contribution in [3.8, 4) is 11.5 Å². The summed E-state index contributed by atoms with van der Waals surface area (Å²) in [5.74, 6) is -3.93. The minimum absolute atomic E-state index is 0. The number of rotatable bonds is 6. The predicted molar refractivity (Wildman–Crippen MR) is 79.6 cm³/mol. The molecule has 0 aromatic heterocycles. The molecule has 1 aromatic rings. The lowest BCUT2D eigenvalue weighted by molar-refractivity contribution is -0.165. The van der Waals surface area contributed by atoms with Crippen molar-refractivity contribution in [3.63, 3.8) is 0 Å². The number of aliphatic carboxylic acids is 2. The lowest BCUT2D eigenvalue weighted by Gasteiger charge is -2.10. The third-order valence-electron chi connectivity index (χ3n) is 2.59. The van der Waals surface area contributed by atoms with Gasteiger partial charge in [-0.3, -0.25) is 0 Å². The van der Waals surface area contributed by atoms with Crippen LogP contribution in [0.4, 0.5) is 0 Å². The number of aromatic hydroxyl groups is 2. The van der Waals surface area contributed by atoms with Gasteiger partial charge in [-0.15, -0.1) is 0 Å². The van der Waals surface area contributed by atoms with Crippen molar-refractivity contribution < 1.29 is 50.8 Å². The molecule has 0 aliphatic heterocycles. The number of aliphatic hydroxyl groups excluding tert-OH is 3. The second-order valence-corrected chi connectivity index (χ2v) is 4.39. The molecule has 0 saturated heterocycles. The standard InChI is InChI=1S/C9H13NO3.C4H6O6.H2O/c1-10-5-9(13)6-2-3-7(11)8(12)4-6;5-1(3(7)8)2(6)4(9)10;/h2-4,9-13H,5H2,1H3;1-2,5-6H,(H,7,8)(H,9,10);1H2/t9-;1-,2-;/m00./s1. The van der Waals surface area contributed by atoms with E-state index in [0.29, 0.717) is 12.1 Å². The fourth-order valence-electron chi connectivity index (χ4n) is 1.33. The molecule has 11 heteroatoms. The van der Waals surface area contributed by atoms with Gasteiger partial charge in [-0.1, -0.05) is 6.07 Å². The number of phenols is 2. The van der Waals surface area contributed by atoms with Crippen molar-refractivity contribution in [3.05, 3.63) is 23.8 Å². The van der Waals surface area contributed by atoms with Gasteiger partial charge in [-0.05, 0) is 24.7 Å². The molecule has 1 aromatic carbocycles. The molecule has 0 amide bonds. The quantitative estimate of drug-likeness (QED) is 0.250. The summed E-state index contributed by atoms with van der Waals surface area (Å²) in [6.45, 7) is 0.407. The maximum absolute atomic E-state index is 9.77. The summed E-state index contributed by atoms with van der Waals surface area (Å²) in [4.78, 5) is 19.5. The van der Waals surface area contributed by atoms with Crippen molar-refractivity contribution in [1.29, 1.82) is 0 Å². The molecule has 0 unspecified atom stereocenters. The Hall–Kier alpha value is -2.44. The fourth-order valence-corrected chi connectivity index (χ4v) is 1.33. The van der Waals surface area contributed by atoms with Gasteiger partial charge in [-0.25, -0.2) is 9.59 Å². The first-order valence-electron chi connectivity index (χ1n) is 6.28. The zero-order chi connectivity index (χ0) is 18.2. The van der Waals surface area contributed by atoms with Crippen LogP contribution in [0.2, 0.25) is 0 Å². The summed E-state index contributed by atoms with van der Waals surface area (Å²) < 4.78 is 0. The van der Waals surface area contributed by atoms with Crippen LogP contribution in [0, 0.1) is 0 Å². The molecule has 0 fully saturated rings. The number of carbonyl (C=O) groups is 2. The van der Waals surface area contributed by atoms with Gasteiger partial charge in [0.25, 0.3) is 0 Å². The Morgan fingerprint density at radius 2 is 1.46 bits per heavy atom. The average Bonchev–Trinajstić information content (AvgIpc) is 2.49. The highest BCUT2D eigenvalue weighted by Gasteiger charge is 2.29. The van der Waals surface area contributed by atoms with Gasteiger partial charge < -0.3 is 46.5 Å². The van der Waals surface area contributed by atoms with E-state index >= 15 is 0 Å². The van der Waals surface area contributed by atoms with Crippen LogP contribution >= 0.6 is 0 Å². The zero-order valence-corrected chi connectivity index (χ0v) is 12.6. The predicted octanol–water partition coefficient (Wildman–Crippen LogP) is -2.60. The van der Waals surface area contributed by atoms with E-state index in [2.05, 4.69) is 5.32 Å². The minimum Gasteiger partial charge on any atom is -0.504 e. The van der Waals surface area contributed by atoms with E-state index < -0.39 is 30.3 Å². The van der Waals surface area contributed by atoms with E-state index in [1.54, 1.807) is 13.1 Å². The first kappa shape index (κ1) is 23.8. The normalized spacial score (nSPS) is 13.5. The van der Waals surface area contributed by atoms with Crippen LogP contribution in [0.3, 0.4) is 0 Å². The van der Waals surface area contributed by atoms with Crippen LogP contribution in [0.5, 0.6) is 11.5 Å². The number of hydrogen-bond donors (Lipinski definition) is 8. The fraction of sp³-hybridized carbons (Fsp3) is 0.385. The van der Waals surface area contributed by atoms with Gasteiger partial charge in [0.1, 0.15) is 0 Å². The Labute approximate surface area is 136 Å². The maximum atomic E-state index is 9.77. The third kappa shape index (κ3) is 7.71. The topological polar surface area (TPSA) is 219 Å². The molecule has 3 atom stereocenters. The molecule has 0 radical (unpaired) electrons. The van der Waals surface area contributed by atoms with Crippen LogP contribution in [0.1, 0.15) is 11.7 Å². The number of aliphatic hydroxyl groups is 3. The first-order chi connectivity index (χ1) is 10.6. The highest BCUT2D eigenvalue weighted by atomic mass is 16.4. The Morgan fingerprint density at radius 3 is 1.79 bits per heavy atom. The number of carboxylic acid groups (broad SMARTS) is 2.